The van der Waals surface area contributed by atoms with Gasteiger partial charge in [-0.25, -0.2) is 0 Å². The smallest absolute Gasteiger partial charge is 0.223 e. The Morgan fingerprint density at radius 1 is 1.29 bits per heavy atom. The van der Waals surface area contributed by atoms with Crippen LogP contribution in [0.4, 0.5) is 0 Å². The van der Waals surface area contributed by atoms with Crippen molar-refractivity contribution in [2.24, 2.45) is 5.92 Å². The number of nitrogens with one attached hydrogen (secondary N) is 1. The summed E-state index contributed by atoms with van der Waals surface area (Å²) in [5, 5.41) is 3.04. The molecule has 0 heterocycles. The van der Waals surface area contributed by atoms with Gasteiger partial charge in [0.2, 0.25) is 5.91 Å². The summed E-state index contributed by atoms with van der Waals surface area (Å²) in [5.41, 5.74) is 1.11. The molecular weight excluding hydrogens is 214 g/mol. The van der Waals surface area contributed by atoms with E-state index in [1.54, 1.807) is 7.11 Å². The van der Waals surface area contributed by atoms with E-state index in [0.29, 0.717) is 0 Å². The van der Waals surface area contributed by atoms with Gasteiger partial charge in [-0.3, -0.25) is 4.79 Å². The predicted octanol–water partition coefficient (Wildman–Crippen LogP) is 2.92. The summed E-state index contributed by atoms with van der Waals surface area (Å²) in [7, 11) is 1.65. The van der Waals surface area contributed by atoms with Crippen LogP contribution in [0.2, 0.25) is 0 Å². The SMILES string of the molecule is CCC(NC(=O)C(C)C)c1ccc(OC)cc1. The van der Waals surface area contributed by atoms with Gasteiger partial charge in [-0.05, 0) is 24.1 Å². The van der Waals surface area contributed by atoms with E-state index in [4.69, 9.17) is 4.74 Å². The van der Waals surface area contributed by atoms with Crippen LogP contribution in [-0.4, -0.2) is 13.0 Å². The summed E-state index contributed by atoms with van der Waals surface area (Å²) in [6.07, 6.45) is 0.880. The van der Waals surface area contributed by atoms with Crippen molar-refractivity contribution in [1.29, 1.82) is 0 Å². The number of ether oxygens (including phenoxy) is 1. The summed E-state index contributed by atoms with van der Waals surface area (Å²) in [4.78, 5) is 11.7. The number of rotatable bonds is 5. The highest BCUT2D eigenvalue weighted by Gasteiger charge is 2.14. The molecular formula is C14H21NO2. The van der Waals surface area contributed by atoms with Gasteiger partial charge in [0.1, 0.15) is 5.75 Å². The molecule has 17 heavy (non-hydrogen) atoms. The van der Waals surface area contributed by atoms with E-state index in [2.05, 4.69) is 12.2 Å². The van der Waals surface area contributed by atoms with E-state index < -0.39 is 0 Å². The molecule has 3 nitrogen and oxygen atoms in total. The van der Waals surface area contributed by atoms with Crippen LogP contribution in [-0.2, 0) is 4.79 Å². The Bertz CT molecular complexity index is 357. The van der Waals surface area contributed by atoms with Crippen molar-refractivity contribution in [3.63, 3.8) is 0 Å². The highest BCUT2D eigenvalue weighted by Crippen LogP contribution is 2.20. The fraction of sp³-hybridized carbons (Fsp3) is 0.500. The summed E-state index contributed by atoms with van der Waals surface area (Å²) in [5.74, 6) is 0.939. The van der Waals surface area contributed by atoms with E-state index in [1.165, 1.54) is 0 Å². The fourth-order valence-electron chi connectivity index (χ4n) is 1.60. The molecule has 0 saturated heterocycles. The molecule has 1 atom stereocenters. The number of carbonyl (C=O) groups is 1. The lowest BCUT2D eigenvalue weighted by Crippen LogP contribution is -2.31. The molecule has 1 aromatic carbocycles. The first-order valence-corrected chi connectivity index (χ1v) is 6.02. The zero-order valence-corrected chi connectivity index (χ0v) is 11.0. The summed E-state index contributed by atoms with van der Waals surface area (Å²) >= 11 is 0. The number of methoxy groups -OCH3 is 1. The molecule has 1 rings (SSSR count). The van der Waals surface area contributed by atoms with Crippen molar-refractivity contribution in [3.8, 4) is 5.75 Å². The average Bonchev–Trinajstić information content (AvgIpc) is 2.35. The minimum atomic E-state index is 0.0160. The van der Waals surface area contributed by atoms with Crippen LogP contribution in [0.5, 0.6) is 5.75 Å². The van der Waals surface area contributed by atoms with Crippen molar-refractivity contribution in [2.75, 3.05) is 7.11 Å². The Hall–Kier alpha value is -1.51. The Kier molecular flexibility index (Phi) is 5.01. The molecule has 0 aliphatic heterocycles. The third-order valence-electron chi connectivity index (χ3n) is 2.77. The lowest BCUT2D eigenvalue weighted by Gasteiger charge is -2.19. The number of carbonyl (C=O) groups excluding carboxylic acids is 1. The molecule has 0 fully saturated rings. The zero-order valence-electron chi connectivity index (χ0n) is 11.0. The second-order valence-electron chi connectivity index (χ2n) is 4.40. The molecule has 0 aliphatic rings. The predicted molar refractivity (Wildman–Crippen MR) is 69.0 cm³/mol. The zero-order chi connectivity index (χ0) is 12.8. The van der Waals surface area contributed by atoms with Crippen LogP contribution in [0.25, 0.3) is 0 Å². The molecule has 3 heteroatoms. The molecule has 0 radical (unpaired) electrons. The maximum atomic E-state index is 11.7. The second-order valence-corrected chi connectivity index (χ2v) is 4.40. The second kappa shape index (κ2) is 6.28. The Balaban J connectivity index is 2.75. The van der Waals surface area contributed by atoms with E-state index >= 15 is 0 Å². The van der Waals surface area contributed by atoms with Crippen LogP contribution in [0.3, 0.4) is 0 Å². The van der Waals surface area contributed by atoms with Crippen molar-refractivity contribution in [2.45, 2.75) is 33.2 Å². The van der Waals surface area contributed by atoms with Gasteiger partial charge in [0.05, 0.1) is 13.2 Å². The van der Waals surface area contributed by atoms with Crippen molar-refractivity contribution < 1.29 is 9.53 Å². The first kappa shape index (κ1) is 13.6. The van der Waals surface area contributed by atoms with Crippen molar-refractivity contribution in [3.05, 3.63) is 29.8 Å². The van der Waals surface area contributed by atoms with Gasteiger partial charge in [0.25, 0.3) is 0 Å². The van der Waals surface area contributed by atoms with Gasteiger partial charge in [0, 0.05) is 5.92 Å². The molecule has 1 amide bonds. The largest absolute Gasteiger partial charge is 0.497 e. The topological polar surface area (TPSA) is 38.3 Å². The summed E-state index contributed by atoms with van der Waals surface area (Å²) in [6, 6.07) is 7.90. The van der Waals surface area contributed by atoms with Crippen molar-refractivity contribution >= 4 is 5.91 Å². The third kappa shape index (κ3) is 3.77. The molecule has 0 bridgehead atoms. The van der Waals surface area contributed by atoms with Crippen LogP contribution in [0, 0.1) is 5.92 Å². The van der Waals surface area contributed by atoms with Gasteiger partial charge >= 0.3 is 0 Å². The molecule has 1 aromatic rings. The van der Waals surface area contributed by atoms with Crippen LogP contribution in [0.15, 0.2) is 24.3 Å². The van der Waals surface area contributed by atoms with Gasteiger partial charge in [-0.1, -0.05) is 32.9 Å². The van der Waals surface area contributed by atoms with E-state index in [0.717, 1.165) is 17.7 Å². The first-order chi connectivity index (χ1) is 8.08. The number of benzene rings is 1. The van der Waals surface area contributed by atoms with E-state index in [9.17, 15) is 4.79 Å². The number of hydrogen-bond acceptors (Lipinski definition) is 2. The summed E-state index contributed by atoms with van der Waals surface area (Å²) in [6.45, 7) is 5.86. The van der Waals surface area contributed by atoms with E-state index in [-0.39, 0.29) is 17.9 Å². The molecule has 0 aliphatic carbocycles. The quantitative estimate of drug-likeness (QED) is 0.852. The molecule has 1 N–H and O–H groups in total. The maximum Gasteiger partial charge on any atom is 0.223 e. The third-order valence-corrected chi connectivity index (χ3v) is 2.77. The van der Waals surface area contributed by atoms with Crippen LogP contribution in [0.1, 0.15) is 38.8 Å². The molecule has 1 unspecified atom stereocenters. The number of amides is 1. The fourth-order valence-corrected chi connectivity index (χ4v) is 1.60. The molecule has 0 spiro atoms. The minimum absolute atomic E-state index is 0.0160. The minimum Gasteiger partial charge on any atom is -0.497 e. The monoisotopic (exact) mass is 235 g/mol. The first-order valence-electron chi connectivity index (χ1n) is 6.02. The normalized spacial score (nSPS) is 12.3. The van der Waals surface area contributed by atoms with Gasteiger partial charge in [0.15, 0.2) is 0 Å². The molecule has 0 aromatic heterocycles. The van der Waals surface area contributed by atoms with Gasteiger partial charge in [-0.2, -0.15) is 0 Å². The van der Waals surface area contributed by atoms with Crippen molar-refractivity contribution in [1.82, 2.24) is 5.32 Å². The highest BCUT2D eigenvalue weighted by molar-refractivity contribution is 5.78. The Morgan fingerprint density at radius 2 is 1.88 bits per heavy atom. The highest BCUT2D eigenvalue weighted by atomic mass is 16.5. The summed E-state index contributed by atoms with van der Waals surface area (Å²) < 4.78 is 5.11. The molecule has 0 saturated carbocycles. The average molecular weight is 235 g/mol. The van der Waals surface area contributed by atoms with Crippen LogP contribution >= 0.6 is 0 Å². The Morgan fingerprint density at radius 3 is 2.29 bits per heavy atom. The maximum absolute atomic E-state index is 11.7. The van der Waals surface area contributed by atoms with Gasteiger partial charge in [-0.15, -0.1) is 0 Å². The lowest BCUT2D eigenvalue weighted by molar-refractivity contribution is -0.124. The van der Waals surface area contributed by atoms with Crippen LogP contribution < -0.4 is 10.1 Å². The molecule has 94 valence electrons. The lowest BCUT2D eigenvalue weighted by atomic mass is 10.0. The van der Waals surface area contributed by atoms with Gasteiger partial charge < -0.3 is 10.1 Å². The standard InChI is InChI=1S/C14H21NO2/c1-5-13(15-14(16)10(2)3)11-6-8-12(17-4)9-7-11/h6-10,13H,5H2,1-4H3,(H,15,16). The Labute approximate surface area is 103 Å². The number of hydrogen-bond donors (Lipinski definition) is 1. The van der Waals surface area contributed by atoms with E-state index in [1.807, 2.05) is 38.1 Å².